The summed E-state index contributed by atoms with van der Waals surface area (Å²) in [7, 11) is 0. The Morgan fingerprint density at radius 2 is 2.35 bits per heavy atom. The van der Waals surface area contributed by atoms with E-state index in [1.807, 2.05) is 11.0 Å². The monoisotopic (exact) mass is 331 g/mol. The maximum atomic E-state index is 12.5. The first-order valence-corrected chi connectivity index (χ1v) is 9.17. The second-order valence-corrected chi connectivity index (χ2v) is 7.24. The van der Waals surface area contributed by atoms with E-state index in [1.165, 1.54) is 4.88 Å². The van der Waals surface area contributed by atoms with Crippen molar-refractivity contribution in [2.45, 2.75) is 51.2 Å². The Labute approximate surface area is 139 Å². The van der Waals surface area contributed by atoms with Crippen LogP contribution in [-0.2, 0) is 25.9 Å². The number of nitrogens with one attached hydrogen (secondary N) is 1. The molecule has 2 aromatic rings. The third-order valence-corrected chi connectivity index (χ3v) is 5.33. The lowest BCUT2D eigenvalue weighted by atomic mass is 10.3. The predicted molar refractivity (Wildman–Crippen MR) is 88.3 cm³/mol. The second kappa shape index (κ2) is 6.31. The number of aromatic nitrogens is 3. The molecule has 7 heteroatoms. The van der Waals surface area contributed by atoms with E-state index < -0.39 is 0 Å². The van der Waals surface area contributed by atoms with Crippen LogP contribution in [0.25, 0.3) is 0 Å². The normalized spacial score (nSPS) is 16.3. The maximum absolute atomic E-state index is 12.5. The van der Waals surface area contributed by atoms with E-state index in [0.717, 1.165) is 50.3 Å². The second-order valence-electron chi connectivity index (χ2n) is 6.21. The number of rotatable bonds is 6. The molecular formula is C16H21N5OS. The predicted octanol–water partition coefficient (Wildman–Crippen LogP) is 2.20. The highest BCUT2D eigenvalue weighted by molar-refractivity contribution is 7.09. The first kappa shape index (κ1) is 14.7. The molecule has 2 amide bonds. The molecule has 0 saturated heterocycles. The Hall–Kier alpha value is -1.89. The van der Waals surface area contributed by atoms with Gasteiger partial charge in [-0.25, -0.2) is 4.79 Å². The van der Waals surface area contributed by atoms with Crippen LogP contribution in [0.2, 0.25) is 0 Å². The molecule has 2 aromatic heterocycles. The lowest BCUT2D eigenvalue weighted by Crippen LogP contribution is -2.41. The summed E-state index contributed by atoms with van der Waals surface area (Å²) in [6.45, 7) is 2.34. The third-order valence-electron chi connectivity index (χ3n) is 4.47. The fourth-order valence-electron chi connectivity index (χ4n) is 3.10. The molecule has 23 heavy (non-hydrogen) atoms. The summed E-state index contributed by atoms with van der Waals surface area (Å²) in [6.07, 6.45) is 5.17. The smallest absolute Gasteiger partial charge is 0.317 e. The van der Waals surface area contributed by atoms with E-state index in [2.05, 4.69) is 31.5 Å². The van der Waals surface area contributed by atoms with Gasteiger partial charge in [0.15, 0.2) is 0 Å². The average Bonchev–Trinajstić information content (AvgIpc) is 2.96. The molecule has 6 nitrogen and oxygen atoms in total. The number of carbonyl (C=O) groups is 1. The minimum Gasteiger partial charge on any atom is -0.338 e. The van der Waals surface area contributed by atoms with Crippen molar-refractivity contribution in [3.05, 3.63) is 34.0 Å². The lowest BCUT2D eigenvalue weighted by molar-refractivity contribution is 0.192. The van der Waals surface area contributed by atoms with Gasteiger partial charge in [0.2, 0.25) is 0 Å². The zero-order valence-electron chi connectivity index (χ0n) is 13.1. The Kier molecular flexibility index (Phi) is 4.03. The summed E-state index contributed by atoms with van der Waals surface area (Å²) in [5, 5.41) is 13.6. The van der Waals surface area contributed by atoms with Crippen LogP contribution >= 0.6 is 11.3 Å². The molecule has 1 saturated carbocycles. The number of carbonyl (C=O) groups excluding carboxylic acids is 1. The van der Waals surface area contributed by atoms with Crippen LogP contribution in [-0.4, -0.2) is 38.3 Å². The molecule has 1 N–H and O–H groups in total. The van der Waals surface area contributed by atoms with Crippen molar-refractivity contribution in [2.75, 3.05) is 6.54 Å². The van der Waals surface area contributed by atoms with Crippen LogP contribution in [0.1, 0.15) is 35.8 Å². The molecule has 1 aliphatic heterocycles. The molecule has 4 rings (SSSR count). The van der Waals surface area contributed by atoms with Gasteiger partial charge < -0.3 is 14.8 Å². The minimum absolute atomic E-state index is 0.0436. The standard InChI is InChI=1S/C16H21N5OS/c22-16(21(12-5-6-12)11-13-3-2-10-23-13)17-8-7-15-19-18-14-4-1-9-20(14)15/h2-3,10,12H,1,4-9,11H2,(H,17,22). The Morgan fingerprint density at radius 3 is 3.13 bits per heavy atom. The molecule has 0 radical (unpaired) electrons. The van der Waals surface area contributed by atoms with Crippen LogP contribution in [0.4, 0.5) is 4.79 Å². The zero-order chi connectivity index (χ0) is 15.6. The molecule has 0 bridgehead atoms. The molecule has 2 aliphatic rings. The number of hydrogen-bond donors (Lipinski definition) is 1. The van der Waals surface area contributed by atoms with Crippen LogP contribution in [0.3, 0.4) is 0 Å². The van der Waals surface area contributed by atoms with Crippen LogP contribution < -0.4 is 5.32 Å². The van der Waals surface area contributed by atoms with E-state index >= 15 is 0 Å². The van der Waals surface area contributed by atoms with Gasteiger partial charge in [0, 0.05) is 36.9 Å². The molecule has 0 atom stereocenters. The topological polar surface area (TPSA) is 63.1 Å². The SMILES string of the molecule is O=C(NCCc1nnc2n1CCC2)N(Cc1cccs1)C1CC1. The molecule has 1 aliphatic carbocycles. The first-order chi connectivity index (χ1) is 11.3. The molecule has 1 fully saturated rings. The van der Waals surface area contributed by atoms with Gasteiger partial charge in [-0.05, 0) is 30.7 Å². The van der Waals surface area contributed by atoms with Gasteiger partial charge >= 0.3 is 6.03 Å². The van der Waals surface area contributed by atoms with Crippen molar-refractivity contribution in [3.63, 3.8) is 0 Å². The number of nitrogens with zero attached hydrogens (tertiary/aromatic N) is 4. The number of hydrogen-bond acceptors (Lipinski definition) is 4. The van der Waals surface area contributed by atoms with Gasteiger partial charge in [0.05, 0.1) is 6.54 Å². The summed E-state index contributed by atoms with van der Waals surface area (Å²) in [5.74, 6) is 2.08. The number of aryl methyl sites for hydroxylation is 1. The summed E-state index contributed by atoms with van der Waals surface area (Å²) in [5.41, 5.74) is 0. The van der Waals surface area contributed by atoms with E-state index in [0.29, 0.717) is 19.1 Å². The summed E-state index contributed by atoms with van der Waals surface area (Å²) in [4.78, 5) is 15.7. The zero-order valence-corrected chi connectivity index (χ0v) is 13.9. The number of thiophene rings is 1. The van der Waals surface area contributed by atoms with Crippen molar-refractivity contribution in [3.8, 4) is 0 Å². The highest BCUT2D eigenvalue weighted by Crippen LogP contribution is 2.29. The van der Waals surface area contributed by atoms with Gasteiger partial charge in [-0.2, -0.15) is 0 Å². The number of fused-ring (bicyclic) bond motifs is 1. The number of amides is 2. The van der Waals surface area contributed by atoms with Crippen LogP contribution in [0.15, 0.2) is 17.5 Å². The van der Waals surface area contributed by atoms with Gasteiger partial charge in [-0.15, -0.1) is 21.5 Å². The van der Waals surface area contributed by atoms with Crippen molar-refractivity contribution in [1.82, 2.24) is 25.0 Å². The molecule has 3 heterocycles. The fraction of sp³-hybridized carbons (Fsp3) is 0.562. The van der Waals surface area contributed by atoms with Gasteiger partial charge in [0.25, 0.3) is 0 Å². The van der Waals surface area contributed by atoms with E-state index in [-0.39, 0.29) is 6.03 Å². The van der Waals surface area contributed by atoms with Crippen molar-refractivity contribution in [1.29, 1.82) is 0 Å². The van der Waals surface area contributed by atoms with Crippen molar-refractivity contribution < 1.29 is 4.79 Å². The Morgan fingerprint density at radius 1 is 1.43 bits per heavy atom. The average molecular weight is 331 g/mol. The summed E-state index contributed by atoms with van der Waals surface area (Å²) in [6, 6.07) is 4.58. The van der Waals surface area contributed by atoms with E-state index in [4.69, 9.17) is 0 Å². The lowest BCUT2D eigenvalue weighted by Gasteiger charge is -2.22. The molecule has 122 valence electrons. The molecule has 0 unspecified atom stereocenters. The van der Waals surface area contributed by atoms with Gasteiger partial charge in [0.1, 0.15) is 11.6 Å². The Balaban J connectivity index is 1.31. The highest BCUT2D eigenvalue weighted by Gasteiger charge is 2.32. The minimum atomic E-state index is 0.0436. The van der Waals surface area contributed by atoms with Crippen LogP contribution in [0.5, 0.6) is 0 Å². The molecule has 0 spiro atoms. The van der Waals surface area contributed by atoms with E-state index in [1.54, 1.807) is 11.3 Å². The quantitative estimate of drug-likeness (QED) is 0.883. The highest BCUT2D eigenvalue weighted by atomic mass is 32.1. The maximum Gasteiger partial charge on any atom is 0.317 e. The molecular weight excluding hydrogens is 310 g/mol. The largest absolute Gasteiger partial charge is 0.338 e. The van der Waals surface area contributed by atoms with Gasteiger partial charge in [-0.3, -0.25) is 0 Å². The summed E-state index contributed by atoms with van der Waals surface area (Å²) >= 11 is 1.71. The van der Waals surface area contributed by atoms with Crippen molar-refractivity contribution >= 4 is 17.4 Å². The first-order valence-electron chi connectivity index (χ1n) is 8.29. The van der Waals surface area contributed by atoms with E-state index in [9.17, 15) is 4.79 Å². The number of urea groups is 1. The van der Waals surface area contributed by atoms with Crippen molar-refractivity contribution in [2.24, 2.45) is 0 Å². The van der Waals surface area contributed by atoms with Gasteiger partial charge in [-0.1, -0.05) is 6.07 Å². The summed E-state index contributed by atoms with van der Waals surface area (Å²) < 4.78 is 2.19. The molecule has 0 aromatic carbocycles. The fourth-order valence-corrected chi connectivity index (χ4v) is 3.80. The Bertz CT molecular complexity index is 677. The van der Waals surface area contributed by atoms with Crippen LogP contribution in [0, 0.1) is 0 Å². The third kappa shape index (κ3) is 3.24.